The Morgan fingerprint density at radius 3 is 3.07 bits per heavy atom. The van der Waals surface area contributed by atoms with Gasteiger partial charge >= 0.3 is 0 Å². The van der Waals surface area contributed by atoms with Crippen molar-refractivity contribution >= 4 is 28.9 Å². The molecular formula is C11H14OS2. The SMILES string of the molecule is Cc1cc(CC(=O)C2CCSC2)cs1. The van der Waals surface area contributed by atoms with E-state index in [1.54, 1.807) is 11.3 Å². The van der Waals surface area contributed by atoms with Crippen molar-refractivity contribution in [3.8, 4) is 0 Å². The molecule has 0 aromatic carbocycles. The average molecular weight is 226 g/mol. The molecule has 0 amide bonds. The predicted molar refractivity (Wildman–Crippen MR) is 63.2 cm³/mol. The van der Waals surface area contributed by atoms with Crippen LogP contribution in [0.15, 0.2) is 11.4 Å². The van der Waals surface area contributed by atoms with E-state index in [0.29, 0.717) is 18.1 Å². The second kappa shape index (κ2) is 4.49. The van der Waals surface area contributed by atoms with Crippen LogP contribution in [-0.4, -0.2) is 17.3 Å². The third-order valence-electron chi connectivity index (χ3n) is 2.55. The number of thiophene rings is 1. The van der Waals surface area contributed by atoms with Crippen LogP contribution in [0.5, 0.6) is 0 Å². The molecule has 1 saturated heterocycles. The molecular weight excluding hydrogens is 212 g/mol. The molecule has 1 fully saturated rings. The van der Waals surface area contributed by atoms with E-state index in [1.807, 2.05) is 11.8 Å². The van der Waals surface area contributed by atoms with Crippen molar-refractivity contribution < 1.29 is 4.79 Å². The first-order chi connectivity index (χ1) is 6.75. The Labute approximate surface area is 92.9 Å². The zero-order chi connectivity index (χ0) is 9.97. The van der Waals surface area contributed by atoms with Crippen LogP contribution in [-0.2, 0) is 11.2 Å². The maximum absolute atomic E-state index is 11.8. The first kappa shape index (κ1) is 10.2. The molecule has 1 aliphatic heterocycles. The highest BCUT2D eigenvalue weighted by molar-refractivity contribution is 7.99. The molecule has 1 unspecified atom stereocenters. The first-order valence-corrected chi connectivity index (χ1v) is 6.93. The van der Waals surface area contributed by atoms with Crippen molar-refractivity contribution in [1.29, 1.82) is 0 Å². The second-order valence-corrected chi connectivity index (χ2v) is 6.03. The smallest absolute Gasteiger partial charge is 0.141 e. The van der Waals surface area contributed by atoms with E-state index in [-0.39, 0.29) is 0 Å². The molecule has 2 rings (SSSR count). The van der Waals surface area contributed by atoms with Crippen LogP contribution in [0.25, 0.3) is 0 Å². The van der Waals surface area contributed by atoms with Gasteiger partial charge in [0.25, 0.3) is 0 Å². The van der Waals surface area contributed by atoms with Gasteiger partial charge in [0.05, 0.1) is 0 Å². The number of ketones is 1. The van der Waals surface area contributed by atoms with Crippen molar-refractivity contribution in [3.05, 3.63) is 21.9 Å². The molecule has 0 saturated carbocycles. The Bertz CT molecular complexity index is 324. The molecule has 1 atom stereocenters. The number of hydrogen-bond donors (Lipinski definition) is 0. The minimum Gasteiger partial charge on any atom is -0.299 e. The van der Waals surface area contributed by atoms with E-state index in [4.69, 9.17) is 0 Å². The molecule has 0 aliphatic carbocycles. The zero-order valence-corrected chi connectivity index (χ0v) is 9.92. The van der Waals surface area contributed by atoms with Gasteiger partial charge in [-0.15, -0.1) is 11.3 Å². The van der Waals surface area contributed by atoms with Gasteiger partial charge in [0.2, 0.25) is 0 Å². The Morgan fingerprint density at radius 1 is 1.64 bits per heavy atom. The number of carbonyl (C=O) groups is 1. The lowest BCUT2D eigenvalue weighted by Gasteiger charge is -2.04. The van der Waals surface area contributed by atoms with Crippen LogP contribution in [0.3, 0.4) is 0 Å². The second-order valence-electron chi connectivity index (χ2n) is 3.77. The van der Waals surface area contributed by atoms with E-state index in [9.17, 15) is 4.79 Å². The lowest BCUT2D eigenvalue weighted by molar-refractivity contribution is -0.121. The average Bonchev–Trinajstić information content (AvgIpc) is 2.75. The highest BCUT2D eigenvalue weighted by Gasteiger charge is 2.22. The predicted octanol–water partition coefficient (Wildman–Crippen LogP) is 2.92. The third kappa shape index (κ3) is 2.39. The van der Waals surface area contributed by atoms with E-state index in [2.05, 4.69) is 18.4 Å². The van der Waals surface area contributed by atoms with Crippen molar-refractivity contribution in [2.75, 3.05) is 11.5 Å². The highest BCUT2D eigenvalue weighted by atomic mass is 32.2. The number of hydrogen-bond acceptors (Lipinski definition) is 3. The summed E-state index contributed by atoms with van der Waals surface area (Å²) in [7, 11) is 0. The minimum absolute atomic E-state index is 0.334. The summed E-state index contributed by atoms with van der Waals surface area (Å²) in [6.07, 6.45) is 1.74. The normalized spacial score (nSPS) is 21.4. The van der Waals surface area contributed by atoms with Crippen LogP contribution >= 0.6 is 23.1 Å². The van der Waals surface area contributed by atoms with E-state index < -0.39 is 0 Å². The van der Waals surface area contributed by atoms with Gasteiger partial charge in [-0.25, -0.2) is 0 Å². The number of thioether (sulfide) groups is 1. The lowest BCUT2D eigenvalue weighted by Crippen LogP contribution is -2.15. The summed E-state index contributed by atoms with van der Waals surface area (Å²) in [6, 6.07) is 2.13. The van der Waals surface area contributed by atoms with Gasteiger partial charge in [-0.2, -0.15) is 11.8 Å². The molecule has 0 bridgehead atoms. The first-order valence-electron chi connectivity index (χ1n) is 4.90. The Balaban J connectivity index is 1.93. The van der Waals surface area contributed by atoms with Crippen molar-refractivity contribution in [2.24, 2.45) is 5.92 Å². The molecule has 1 aromatic rings. The summed E-state index contributed by atoms with van der Waals surface area (Å²) in [6.45, 7) is 2.09. The molecule has 1 nitrogen and oxygen atoms in total. The number of rotatable bonds is 3. The van der Waals surface area contributed by atoms with E-state index in [0.717, 1.165) is 12.2 Å². The standard InChI is InChI=1S/C11H14OS2/c1-8-4-9(6-14-8)5-11(12)10-2-3-13-7-10/h4,6,10H,2-3,5,7H2,1H3. The fourth-order valence-corrected chi connectivity index (χ4v) is 3.69. The summed E-state index contributed by atoms with van der Waals surface area (Å²) in [5, 5.41) is 2.11. The maximum Gasteiger partial charge on any atom is 0.141 e. The van der Waals surface area contributed by atoms with Crippen molar-refractivity contribution in [2.45, 2.75) is 19.8 Å². The highest BCUT2D eigenvalue weighted by Crippen LogP contribution is 2.25. The Morgan fingerprint density at radius 2 is 2.50 bits per heavy atom. The maximum atomic E-state index is 11.8. The van der Waals surface area contributed by atoms with Gasteiger partial charge in [-0.3, -0.25) is 4.79 Å². The van der Waals surface area contributed by atoms with Gasteiger partial charge in [-0.1, -0.05) is 0 Å². The van der Waals surface area contributed by atoms with Gasteiger partial charge in [0.15, 0.2) is 0 Å². The van der Waals surface area contributed by atoms with E-state index in [1.165, 1.54) is 16.2 Å². The Kier molecular flexibility index (Phi) is 3.29. The fraction of sp³-hybridized carbons (Fsp3) is 0.545. The zero-order valence-electron chi connectivity index (χ0n) is 8.29. The summed E-state index contributed by atoms with van der Waals surface area (Å²) in [5.74, 6) is 2.98. The van der Waals surface area contributed by atoms with Crippen LogP contribution < -0.4 is 0 Å². The molecule has 1 aromatic heterocycles. The quantitative estimate of drug-likeness (QED) is 0.788. The number of Topliss-reactive ketones (excluding diaryl/α,β-unsaturated/α-hetero) is 1. The summed E-state index contributed by atoms with van der Waals surface area (Å²) in [4.78, 5) is 13.1. The molecule has 0 radical (unpaired) electrons. The fourth-order valence-electron chi connectivity index (χ4n) is 1.72. The molecule has 3 heteroatoms. The largest absolute Gasteiger partial charge is 0.299 e. The van der Waals surface area contributed by atoms with Gasteiger partial charge in [0.1, 0.15) is 5.78 Å². The molecule has 1 aliphatic rings. The minimum atomic E-state index is 0.334. The summed E-state index contributed by atoms with van der Waals surface area (Å²) in [5.41, 5.74) is 1.20. The Hall–Kier alpha value is -0.280. The van der Waals surface area contributed by atoms with Gasteiger partial charge in [-0.05, 0) is 36.1 Å². The van der Waals surface area contributed by atoms with Crippen LogP contribution in [0, 0.1) is 12.8 Å². The topological polar surface area (TPSA) is 17.1 Å². The number of aryl methyl sites for hydroxylation is 1. The van der Waals surface area contributed by atoms with Crippen molar-refractivity contribution in [3.63, 3.8) is 0 Å². The molecule has 76 valence electrons. The van der Waals surface area contributed by atoms with E-state index >= 15 is 0 Å². The third-order valence-corrected chi connectivity index (χ3v) is 4.62. The summed E-state index contributed by atoms with van der Waals surface area (Å²) >= 11 is 3.64. The van der Waals surface area contributed by atoms with Crippen molar-refractivity contribution in [1.82, 2.24) is 0 Å². The molecule has 0 N–H and O–H groups in total. The molecule has 2 heterocycles. The summed E-state index contributed by atoms with van der Waals surface area (Å²) < 4.78 is 0. The monoisotopic (exact) mass is 226 g/mol. The molecule has 14 heavy (non-hydrogen) atoms. The lowest BCUT2D eigenvalue weighted by atomic mass is 9.99. The van der Waals surface area contributed by atoms with Gasteiger partial charge < -0.3 is 0 Å². The van der Waals surface area contributed by atoms with Crippen LogP contribution in [0.4, 0.5) is 0 Å². The van der Waals surface area contributed by atoms with Gasteiger partial charge in [0, 0.05) is 23.0 Å². The van der Waals surface area contributed by atoms with Crippen LogP contribution in [0.2, 0.25) is 0 Å². The van der Waals surface area contributed by atoms with Crippen LogP contribution in [0.1, 0.15) is 16.9 Å². The number of carbonyl (C=O) groups excluding carboxylic acids is 1. The molecule has 0 spiro atoms.